The summed E-state index contributed by atoms with van der Waals surface area (Å²) in [4.78, 5) is 12.9. The summed E-state index contributed by atoms with van der Waals surface area (Å²) in [5.41, 5.74) is 7.68. The quantitative estimate of drug-likeness (QED) is 0.622. The highest BCUT2D eigenvalue weighted by Gasteiger charge is 2.10. The van der Waals surface area contributed by atoms with E-state index >= 15 is 0 Å². The van der Waals surface area contributed by atoms with Crippen LogP contribution in [0.4, 0.5) is 5.69 Å². The van der Waals surface area contributed by atoms with Gasteiger partial charge < -0.3 is 11.1 Å². The molecular weight excluding hydrogens is 348 g/mol. The Kier molecular flexibility index (Phi) is 5.70. The van der Waals surface area contributed by atoms with E-state index in [1.807, 2.05) is 55.5 Å². The number of nitrogens with two attached hydrogens (primary N) is 1. The second-order valence-corrected chi connectivity index (χ2v) is 6.60. The number of nitrogen functional groups attached to an aromatic ring is 1. The van der Waals surface area contributed by atoms with E-state index in [1.54, 1.807) is 0 Å². The number of carbonyl (C=O) groups is 1. The maximum atomic E-state index is 12.0. The SMILES string of the molecule is CC(NC(=O)CSc1cc(Br)ccc1N)c1ccccc1. The van der Waals surface area contributed by atoms with E-state index < -0.39 is 0 Å². The molecule has 0 aliphatic carbocycles. The molecule has 1 unspecified atom stereocenters. The van der Waals surface area contributed by atoms with Gasteiger partial charge in [-0.25, -0.2) is 0 Å². The maximum absolute atomic E-state index is 12.0. The lowest BCUT2D eigenvalue weighted by Gasteiger charge is -2.14. The highest BCUT2D eigenvalue weighted by Crippen LogP contribution is 2.28. The minimum Gasteiger partial charge on any atom is -0.398 e. The lowest BCUT2D eigenvalue weighted by molar-refractivity contribution is -0.119. The standard InChI is InChI=1S/C16H17BrN2OS/c1-11(12-5-3-2-4-6-12)19-16(20)10-21-15-9-13(17)7-8-14(15)18/h2-9,11H,10,18H2,1H3,(H,19,20). The average molecular weight is 365 g/mol. The van der Waals surface area contributed by atoms with Crippen LogP contribution in [0.3, 0.4) is 0 Å². The molecule has 0 saturated heterocycles. The van der Waals surface area contributed by atoms with E-state index in [0.717, 1.165) is 14.9 Å². The van der Waals surface area contributed by atoms with Gasteiger partial charge in [0.15, 0.2) is 0 Å². The number of benzene rings is 2. The van der Waals surface area contributed by atoms with Crippen molar-refractivity contribution in [3.8, 4) is 0 Å². The third kappa shape index (κ3) is 4.79. The van der Waals surface area contributed by atoms with Gasteiger partial charge in [0.1, 0.15) is 0 Å². The van der Waals surface area contributed by atoms with Gasteiger partial charge in [-0.2, -0.15) is 0 Å². The van der Waals surface area contributed by atoms with E-state index in [-0.39, 0.29) is 11.9 Å². The van der Waals surface area contributed by atoms with Crippen molar-refractivity contribution in [3.05, 3.63) is 58.6 Å². The van der Waals surface area contributed by atoms with Gasteiger partial charge in [-0.3, -0.25) is 4.79 Å². The number of hydrogen-bond donors (Lipinski definition) is 2. The fourth-order valence-corrected chi connectivity index (χ4v) is 3.21. The Labute approximate surface area is 137 Å². The number of thioether (sulfide) groups is 1. The van der Waals surface area contributed by atoms with Crippen LogP contribution in [0.2, 0.25) is 0 Å². The minimum absolute atomic E-state index is 0.000781. The molecule has 0 fully saturated rings. The summed E-state index contributed by atoms with van der Waals surface area (Å²) < 4.78 is 0.956. The smallest absolute Gasteiger partial charge is 0.230 e. The Morgan fingerprint density at radius 3 is 2.71 bits per heavy atom. The predicted octanol–water partition coefficient (Wildman–Crippen LogP) is 4.00. The van der Waals surface area contributed by atoms with E-state index in [2.05, 4.69) is 21.2 Å². The topological polar surface area (TPSA) is 55.1 Å². The second-order valence-electron chi connectivity index (χ2n) is 4.67. The number of rotatable bonds is 5. The molecule has 3 nitrogen and oxygen atoms in total. The maximum Gasteiger partial charge on any atom is 0.230 e. The molecule has 0 heterocycles. The molecule has 5 heteroatoms. The Hall–Kier alpha value is -1.46. The summed E-state index contributed by atoms with van der Waals surface area (Å²) in [5.74, 6) is 0.341. The lowest BCUT2D eigenvalue weighted by Crippen LogP contribution is -2.28. The van der Waals surface area contributed by atoms with Gasteiger partial charge in [-0.1, -0.05) is 46.3 Å². The molecule has 21 heavy (non-hydrogen) atoms. The van der Waals surface area contributed by atoms with Crippen molar-refractivity contribution in [3.63, 3.8) is 0 Å². The Balaban J connectivity index is 1.89. The summed E-state index contributed by atoms with van der Waals surface area (Å²) in [7, 11) is 0. The molecule has 0 bridgehead atoms. The number of halogens is 1. The van der Waals surface area contributed by atoms with Crippen molar-refractivity contribution in [1.29, 1.82) is 0 Å². The van der Waals surface area contributed by atoms with Crippen molar-refractivity contribution in [2.75, 3.05) is 11.5 Å². The number of amides is 1. The van der Waals surface area contributed by atoms with Crippen LogP contribution < -0.4 is 11.1 Å². The predicted molar refractivity (Wildman–Crippen MR) is 92.3 cm³/mol. The van der Waals surface area contributed by atoms with Gasteiger partial charge >= 0.3 is 0 Å². The largest absolute Gasteiger partial charge is 0.398 e. The van der Waals surface area contributed by atoms with Crippen molar-refractivity contribution < 1.29 is 4.79 Å². The lowest BCUT2D eigenvalue weighted by atomic mass is 10.1. The van der Waals surface area contributed by atoms with E-state index in [1.165, 1.54) is 11.8 Å². The van der Waals surface area contributed by atoms with Crippen molar-refractivity contribution in [2.45, 2.75) is 17.9 Å². The number of hydrogen-bond acceptors (Lipinski definition) is 3. The zero-order valence-electron chi connectivity index (χ0n) is 11.7. The third-order valence-corrected chi connectivity index (χ3v) is 4.58. The molecular formula is C16H17BrN2OS. The molecule has 0 aliphatic rings. The molecule has 1 atom stereocenters. The van der Waals surface area contributed by atoms with Crippen LogP contribution in [0.15, 0.2) is 57.9 Å². The van der Waals surface area contributed by atoms with Crippen molar-refractivity contribution in [2.24, 2.45) is 0 Å². The van der Waals surface area contributed by atoms with Crippen LogP contribution in [0.5, 0.6) is 0 Å². The molecule has 0 aromatic heterocycles. The first-order chi connectivity index (χ1) is 10.1. The first-order valence-corrected chi connectivity index (χ1v) is 8.36. The van der Waals surface area contributed by atoms with Gasteiger partial charge in [0.05, 0.1) is 11.8 Å². The number of anilines is 1. The molecule has 0 radical (unpaired) electrons. The van der Waals surface area contributed by atoms with Gasteiger partial charge in [0.25, 0.3) is 0 Å². The fourth-order valence-electron chi connectivity index (χ4n) is 1.88. The molecule has 2 rings (SSSR count). The highest BCUT2D eigenvalue weighted by molar-refractivity contribution is 9.10. The molecule has 2 aromatic rings. The second kappa shape index (κ2) is 7.52. The Morgan fingerprint density at radius 1 is 1.29 bits per heavy atom. The molecule has 1 amide bonds. The highest BCUT2D eigenvalue weighted by atomic mass is 79.9. The molecule has 0 spiro atoms. The average Bonchev–Trinajstić information content (AvgIpc) is 2.49. The summed E-state index contributed by atoms with van der Waals surface area (Å²) in [6.45, 7) is 1.98. The van der Waals surface area contributed by atoms with Gasteiger partial charge in [0.2, 0.25) is 5.91 Å². The van der Waals surface area contributed by atoms with Crippen LogP contribution in [0, 0.1) is 0 Å². The van der Waals surface area contributed by atoms with E-state index in [4.69, 9.17) is 5.73 Å². The summed E-state index contributed by atoms with van der Waals surface area (Å²) in [6, 6.07) is 15.5. The number of carbonyl (C=O) groups excluding carboxylic acids is 1. The third-order valence-electron chi connectivity index (χ3n) is 3.01. The summed E-state index contributed by atoms with van der Waals surface area (Å²) >= 11 is 4.84. The van der Waals surface area contributed by atoms with Crippen LogP contribution >= 0.6 is 27.7 Å². The zero-order valence-corrected chi connectivity index (χ0v) is 14.1. The first kappa shape index (κ1) is 15.9. The van der Waals surface area contributed by atoms with Gasteiger partial charge in [0, 0.05) is 15.1 Å². The van der Waals surface area contributed by atoms with Crippen molar-refractivity contribution >= 4 is 39.3 Å². The Bertz CT molecular complexity index is 619. The molecule has 3 N–H and O–H groups in total. The van der Waals surface area contributed by atoms with E-state index in [0.29, 0.717) is 11.4 Å². The Morgan fingerprint density at radius 2 is 2.00 bits per heavy atom. The first-order valence-electron chi connectivity index (χ1n) is 6.58. The van der Waals surface area contributed by atoms with Crippen LogP contribution in [0.25, 0.3) is 0 Å². The van der Waals surface area contributed by atoms with Crippen LogP contribution in [-0.2, 0) is 4.79 Å². The normalized spacial score (nSPS) is 11.9. The van der Waals surface area contributed by atoms with Crippen LogP contribution in [0.1, 0.15) is 18.5 Å². The zero-order chi connectivity index (χ0) is 15.2. The monoisotopic (exact) mass is 364 g/mol. The van der Waals surface area contributed by atoms with Crippen molar-refractivity contribution in [1.82, 2.24) is 5.32 Å². The molecule has 110 valence electrons. The van der Waals surface area contributed by atoms with Gasteiger partial charge in [-0.15, -0.1) is 11.8 Å². The summed E-state index contributed by atoms with van der Waals surface area (Å²) in [5, 5.41) is 2.99. The van der Waals surface area contributed by atoms with E-state index in [9.17, 15) is 4.79 Å². The molecule has 0 aliphatic heterocycles. The molecule has 0 saturated carbocycles. The summed E-state index contributed by atoms with van der Waals surface area (Å²) in [6.07, 6.45) is 0. The molecule has 2 aromatic carbocycles. The minimum atomic E-state index is -0.00396. The fraction of sp³-hybridized carbons (Fsp3) is 0.188. The number of nitrogens with one attached hydrogen (secondary N) is 1. The van der Waals surface area contributed by atoms with Crippen LogP contribution in [-0.4, -0.2) is 11.7 Å². The van der Waals surface area contributed by atoms with Gasteiger partial charge in [-0.05, 0) is 30.7 Å².